The Morgan fingerprint density at radius 2 is 2.18 bits per heavy atom. The van der Waals surface area contributed by atoms with Crippen molar-refractivity contribution in [1.29, 1.82) is 0 Å². The van der Waals surface area contributed by atoms with Gasteiger partial charge in [0.2, 0.25) is 0 Å². The van der Waals surface area contributed by atoms with Crippen molar-refractivity contribution < 1.29 is 0 Å². The maximum atomic E-state index is 4.89. The molecule has 0 aliphatic carbocycles. The van der Waals surface area contributed by atoms with Crippen LogP contribution in [0.25, 0.3) is 0 Å². The molecule has 2 aromatic heterocycles. The van der Waals surface area contributed by atoms with Gasteiger partial charge in [-0.1, -0.05) is 19.9 Å². The molecule has 0 spiro atoms. The second kappa shape index (κ2) is 6.80. The molecule has 0 bridgehead atoms. The third-order valence-electron chi connectivity index (χ3n) is 4.38. The summed E-state index contributed by atoms with van der Waals surface area (Å²) >= 11 is 1.86. The average Bonchev–Trinajstić information content (AvgIpc) is 3.17. The van der Waals surface area contributed by atoms with E-state index in [1.165, 1.54) is 22.0 Å². The molecule has 1 aliphatic rings. The van der Waals surface area contributed by atoms with Crippen LogP contribution in [0.3, 0.4) is 0 Å². The number of anilines is 1. The van der Waals surface area contributed by atoms with Crippen molar-refractivity contribution in [2.24, 2.45) is 0 Å². The molecule has 0 fully saturated rings. The summed E-state index contributed by atoms with van der Waals surface area (Å²) in [6.45, 7) is 6.54. The van der Waals surface area contributed by atoms with E-state index in [2.05, 4.69) is 53.7 Å². The molecule has 22 heavy (non-hydrogen) atoms. The minimum Gasteiger partial charge on any atom is -0.362 e. The van der Waals surface area contributed by atoms with Crippen molar-refractivity contribution in [2.75, 3.05) is 25.0 Å². The van der Waals surface area contributed by atoms with Gasteiger partial charge in [-0.3, -0.25) is 4.98 Å². The molecular formula is C18H25N3S. The highest BCUT2D eigenvalue weighted by Gasteiger charge is 2.28. The van der Waals surface area contributed by atoms with Gasteiger partial charge in [-0.25, -0.2) is 0 Å². The van der Waals surface area contributed by atoms with Gasteiger partial charge in [0.25, 0.3) is 0 Å². The molecule has 2 aromatic rings. The lowest BCUT2D eigenvalue weighted by molar-refractivity contribution is 0.576. The molecular weight excluding hydrogens is 290 g/mol. The number of aromatic nitrogens is 1. The first-order chi connectivity index (χ1) is 10.7. The fourth-order valence-electron chi connectivity index (χ4n) is 3.16. The first-order valence-electron chi connectivity index (χ1n) is 8.15. The van der Waals surface area contributed by atoms with Crippen LogP contribution in [0.1, 0.15) is 48.5 Å². The van der Waals surface area contributed by atoms with Gasteiger partial charge in [0.1, 0.15) is 0 Å². The van der Waals surface area contributed by atoms with Gasteiger partial charge >= 0.3 is 0 Å². The van der Waals surface area contributed by atoms with Gasteiger partial charge in [0.15, 0.2) is 0 Å². The molecule has 4 heteroatoms. The summed E-state index contributed by atoms with van der Waals surface area (Å²) in [7, 11) is 2.03. The highest BCUT2D eigenvalue weighted by molar-refractivity contribution is 7.10. The smallest absolute Gasteiger partial charge is 0.0657 e. The average molecular weight is 315 g/mol. The van der Waals surface area contributed by atoms with Crippen molar-refractivity contribution in [2.45, 2.75) is 38.6 Å². The van der Waals surface area contributed by atoms with Crippen LogP contribution in [-0.2, 0) is 6.42 Å². The van der Waals surface area contributed by atoms with Crippen LogP contribution in [0.2, 0.25) is 0 Å². The van der Waals surface area contributed by atoms with Crippen LogP contribution in [0.4, 0.5) is 5.69 Å². The largest absolute Gasteiger partial charge is 0.362 e. The lowest BCUT2D eigenvalue weighted by Gasteiger charge is -2.29. The Kier molecular flexibility index (Phi) is 4.79. The van der Waals surface area contributed by atoms with Gasteiger partial charge in [0, 0.05) is 23.5 Å². The molecule has 118 valence electrons. The minimum absolute atomic E-state index is 0.459. The van der Waals surface area contributed by atoms with E-state index in [9.17, 15) is 0 Å². The van der Waals surface area contributed by atoms with Gasteiger partial charge < -0.3 is 10.2 Å². The first-order valence-corrected chi connectivity index (χ1v) is 9.03. The monoisotopic (exact) mass is 315 g/mol. The number of hydrogen-bond donors (Lipinski definition) is 1. The van der Waals surface area contributed by atoms with Crippen molar-refractivity contribution >= 4 is 17.0 Å². The molecule has 3 rings (SSSR count). The summed E-state index contributed by atoms with van der Waals surface area (Å²) in [5, 5.41) is 5.47. The van der Waals surface area contributed by atoms with E-state index in [1.54, 1.807) is 0 Å². The highest BCUT2D eigenvalue weighted by atomic mass is 32.1. The van der Waals surface area contributed by atoms with Crippen LogP contribution in [0, 0.1) is 0 Å². The van der Waals surface area contributed by atoms with Gasteiger partial charge in [-0.15, -0.1) is 11.3 Å². The predicted octanol–water partition coefficient (Wildman–Crippen LogP) is 3.98. The van der Waals surface area contributed by atoms with E-state index in [-0.39, 0.29) is 0 Å². The van der Waals surface area contributed by atoms with Crippen molar-refractivity contribution in [3.05, 3.63) is 45.9 Å². The quantitative estimate of drug-likeness (QED) is 0.874. The summed E-state index contributed by atoms with van der Waals surface area (Å²) in [5.41, 5.74) is 3.82. The topological polar surface area (TPSA) is 28.2 Å². The Hall–Kier alpha value is -1.39. The zero-order valence-corrected chi connectivity index (χ0v) is 14.5. The highest BCUT2D eigenvalue weighted by Crippen LogP contribution is 2.38. The molecule has 3 nitrogen and oxygen atoms in total. The Bertz CT molecular complexity index is 607. The normalized spacial score (nSPS) is 15.4. The van der Waals surface area contributed by atoms with E-state index in [1.807, 2.05) is 18.4 Å². The summed E-state index contributed by atoms with van der Waals surface area (Å²) in [4.78, 5) is 8.90. The lowest BCUT2D eigenvalue weighted by atomic mass is 10.1. The second-order valence-corrected chi connectivity index (χ2v) is 7.20. The number of pyridine rings is 1. The Balaban J connectivity index is 1.89. The first kappa shape index (κ1) is 15.5. The SMILES string of the molecule is CNCCC(c1cccs1)N1CCc2nc(C(C)C)ccc21. The van der Waals surface area contributed by atoms with E-state index in [4.69, 9.17) is 4.98 Å². The molecule has 1 N–H and O–H groups in total. The maximum Gasteiger partial charge on any atom is 0.0657 e. The Morgan fingerprint density at radius 1 is 1.32 bits per heavy atom. The number of rotatable bonds is 6. The van der Waals surface area contributed by atoms with Crippen LogP contribution in [0.5, 0.6) is 0 Å². The molecule has 0 aromatic carbocycles. The van der Waals surface area contributed by atoms with Crippen molar-refractivity contribution in [3.63, 3.8) is 0 Å². The molecule has 1 unspecified atom stereocenters. The van der Waals surface area contributed by atoms with Crippen LogP contribution in [-0.4, -0.2) is 25.1 Å². The number of hydrogen-bond acceptors (Lipinski definition) is 4. The lowest BCUT2D eigenvalue weighted by Crippen LogP contribution is -2.28. The third-order valence-corrected chi connectivity index (χ3v) is 5.35. The number of nitrogens with zero attached hydrogens (tertiary/aromatic N) is 2. The molecule has 0 saturated carbocycles. The Morgan fingerprint density at radius 3 is 2.86 bits per heavy atom. The van der Waals surface area contributed by atoms with Gasteiger partial charge in [-0.2, -0.15) is 0 Å². The van der Waals surface area contributed by atoms with Crippen molar-refractivity contribution in [3.8, 4) is 0 Å². The standard InChI is InChI=1S/C18H25N3S/c1-13(2)14-6-7-16-15(20-14)9-11-21(16)17(8-10-19-3)18-5-4-12-22-18/h4-7,12-13,17,19H,8-11H2,1-3H3. The number of thiophene rings is 1. The van der Waals surface area contributed by atoms with Crippen LogP contribution < -0.4 is 10.2 Å². The summed E-state index contributed by atoms with van der Waals surface area (Å²) in [5.74, 6) is 0.497. The minimum atomic E-state index is 0.459. The van der Waals surface area contributed by atoms with Crippen LogP contribution in [0.15, 0.2) is 29.6 Å². The summed E-state index contributed by atoms with van der Waals surface area (Å²) < 4.78 is 0. The third kappa shape index (κ3) is 3.03. The maximum absolute atomic E-state index is 4.89. The van der Waals surface area contributed by atoms with Crippen LogP contribution >= 0.6 is 11.3 Å². The van der Waals surface area contributed by atoms with Gasteiger partial charge in [-0.05, 0) is 49.5 Å². The predicted molar refractivity (Wildman–Crippen MR) is 95.0 cm³/mol. The molecule has 0 amide bonds. The van der Waals surface area contributed by atoms with Gasteiger partial charge in [0.05, 0.1) is 17.4 Å². The molecule has 1 aliphatic heterocycles. The second-order valence-electron chi connectivity index (χ2n) is 6.22. The molecule has 1 atom stereocenters. The molecule has 0 radical (unpaired) electrons. The summed E-state index contributed by atoms with van der Waals surface area (Å²) in [6, 6.07) is 9.36. The molecule has 0 saturated heterocycles. The van der Waals surface area contributed by atoms with E-state index in [0.29, 0.717) is 12.0 Å². The van der Waals surface area contributed by atoms with E-state index < -0.39 is 0 Å². The molecule has 3 heterocycles. The zero-order valence-electron chi connectivity index (χ0n) is 13.7. The van der Waals surface area contributed by atoms with E-state index in [0.717, 1.165) is 25.9 Å². The summed E-state index contributed by atoms with van der Waals surface area (Å²) in [6.07, 6.45) is 2.19. The zero-order chi connectivity index (χ0) is 15.5. The number of nitrogens with one attached hydrogen (secondary N) is 1. The number of fused-ring (bicyclic) bond motifs is 1. The fraction of sp³-hybridized carbons (Fsp3) is 0.500. The van der Waals surface area contributed by atoms with E-state index >= 15 is 0 Å². The fourth-order valence-corrected chi connectivity index (χ4v) is 4.04. The van der Waals surface area contributed by atoms with Crippen molar-refractivity contribution in [1.82, 2.24) is 10.3 Å². The Labute approximate surface area is 137 Å².